The summed E-state index contributed by atoms with van der Waals surface area (Å²) in [5.74, 6) is 0.913. The van der Waals surface area contributed by atoms with Gasteiger partial charge in [0, 0.05) is 6.54 Å². The molecule has 0 aromatic carbocycles. The van der Waals surface area contributed by atoms with Crippen molar-refractivity contribution in [2.75, 3.05) is 13.1 Å². The molecule has 1 rings (SSSR count). The molecule has 1 aliphatic heterocycles. The number of amides is 1. The van der Waals surface area contributed by atoms with E-state index < -0.39 is 0 Å². The summed E-state index contributed by atoms with van der Waals surface area (Å²) >= 11 is 0. The first-order valence-electron chi connectivity index (χ1n) is 6.57. The first-order chi connectivity index (χ1) is 7.97. The van der Waals surface area contributed by atoms with Crippen molar-refractivity contribution in [3.8, 4) is 0 Å². The molecular weight excluding hydrogens is 214 g/mol. The smallest absolute Gasteiger partial charge is 0.251 e. The van der Waals surface area contributed by atoms with Gasteiger partial charge in [0.1, 0.15) is 0 Å². The van der Waals surface area contributed by atoms with Crippen LogP contribution in [0.1, 0.15) is 40.5 Å². The molecule has 0 fully saturated rings. The average Bonchev–Trinajstić information content (AvgIpc) is 2.53. The molecule has 0 bridgehead atoms. The van der Waals surface area contributed by atoms with Crippen molar-refractivity contribution in [2.24, 2.45) is 28.6 Å². The van der Waals surface area contributed by atoms with E-state index >= 15 is 0 Å². The Hall–Kier alpha value is -0.900. The Bertz CT molecular complexity index is 297. The molecule has 4 heteroatoms. The molecular formula is C13H25N3O. The Labute approximate surface area is 104 Å². The second-order valence-electron chi connectivity index (χ2n) is 5.48. The monoisotopic (exact) mass is 239 g/mol. The van der Waals surface area contributed by atoms with Crippen molar-refractivity contribution in [1.29, 1.82) is 0 Å². The van der Waals surface area contributed by atoms with Gasteiger partial charge >= 0.3 is 0 Å². The summed E-state index contributed by atoms with van der Waals surface area (Å²) < 4.78 is 0. The Morgan fingerprint density at radius 3 is 2.47 bits per heavy atom. The molecule has 1 amide bonds. The van der Waals surface area contributed by atoms with E-state index in [0.717, 1.165) is 18.6 Å². The lowest BCUT2D eigenvalue weighted by atomic mass is 9.90. The van der Waals surface area contributed by atoms with Gasteiger partial charge in [-0.05, 0) is 31.2 Å². The molecule has 0 saturated heterocycles. The van der Waals surface area contributed by atoms with Crippen molar-refractivity contribution in [1.82, 2.24) is 5.01 Å². The molecule has 0 aliphatic carbocycles. The third-order valence-electron chi connectivity index (χ3n) is 2.97. The minimum atomic E-state index is -0.0303. The predicted octanol–water partition coefficient (Wildman–Crippen LogP) is 1.85. The number of rotatable bonds is 6. The number of carbonyl (C=O) groups excluding carboxylic acids is 1. The van der Waals surface area contributed by atoms with Crippen LogP contribution in [-0.4, -0.2) is 29.7 Å². The molecule has 0 saturated carbocycles. The molecule has 1 atom stereocenters. The van der Waals surface area contributed by atoms with Gasteiger partial charge in [0.15, 0.2) is 0 Å². The maximum absolute atomic E-state index is 12.2. The van der Waals surface area contributed by atoms with Crippen LogP contribution < -0.4 is 5.73 Å². The summed E-state index contributed by atoms with van der Waals surface area (Å²) in [5.41, 5.74) is 6.56. The lowest BCUT2D eigenvalue weighted by Crippen LogP contribution is -2.31. The zero-order chi connectivity index (χ0) is 13.0. The van der Waals surface area contributed by atoms with Crippen molar-refractivity contribution < 1.29 is 4.79 Å². The standard InChI is InChI=1S/C13H25N3O/c1-9(2)8-16-13(17)11(6-5-7-14)12(15-16)10(3)4/h9-11H,5-8,14H2,1-4H3. The van der Waals surface area contributed by atoms with Crippen LogP contribution in [0.5, 0.6) is 0 Å². The number of hydrogen-bond acceptors (Lipinski definition) is 3. The molecule has 0 aromatic rings. The van der Waals surface area contributed by atoms with Crippen LogP contribution in [0.3, 0.4) is 0 Å². The summed E-state index contributed by atoms with van der Waals surface area (Å²) in [6, 6.07) is 0. The van der Waals surface area contributed by atoms with Crippen molar-refractivity contribution in [3.05, 3.63) is 0 Å². The van der Waals surface area contributed by atoms with E-state index in [2.05, 4.69) is 32.8 Å². The van der Waals surface area contributed by atoms with Gasteiger partial charge in [0.25, 0.3) is 5.91 Å². The first kappa shape index (κ1) is 14.2. The van der Waals surface area contributed by atoms with Gasteiger partial charge in [-0.15, -0.1) is 0 Å². The molecule has 4 nitrogen and oxygen atoms in total. The molecule has 0 radical (unpaired) electrons. The molecule has 0 spiro atoms. The van der Waals surface area contributed by atoms with Gasteiger partial charge in [-0.1, -0.05) is 27.7 Å². The zero-order valence-electron chi connectivity index (χ0n) is 11.4. The number of hydrazone groups is 1. The SMILES string of the molecule is CC(C)CN1N=C(C(C)C)C(CCCN)C1=O. The Morgan fingerprint density at radius 2 is 2.00 bits per heavy atom. The van der Waals surface area contributed by atoms with E-state index in [0.29, 0.717) is 24.9 Å². The van der Waals surface area contributed by atoms with Crippen LogP contribution in [0.15, 0.2) is 5.10 Å². The third-order valence-corrected chi connectivity index (χ3v) is 2.97. The minimum absolute atomic E-state index is 0.0303. The van der Waals surface area contributed by atoms with Crippen LogP contribution in [-0.2, 0) is 4.79 Å². The van der Waals surface area contributed by atoms with Crippen LogP contribution >= 0.6 is 0 Å². The third kappa shape index (κ3) is 3.53. The van der Waals surface area contributed by atoms with Gasteiger partial charge in [0.2, 0.25) is 0 Å². The van der Waals surface area contributed by atoms with Crippen LogP contribution in [0.2, 0.25) is 0 Å². The van der Waals surface area contributed by atoms with Crippen LogP contribution in [0, 0.1) is 17.8 Å². The van der Waals surface area contributed by atoms with E-state index in [4.69, 9.17) is 5.73 Å². The zero-order valence-corrected chi connectivity index (χ0v) is 11.4. The van der Waals surface area contributed by atoms with Gasteiger partial charge < -0.3 is 5.73 Å². The lowest BCUT2D eigenvalue weighted by molar-refractivity contribution is -0.132. The lowest BCUT2D eigenvalue weighted by Gasteiger charge is -2.16. The average molecular weight is 239 g/mol. The Kier molecular flexibility index (Phi) is 5.12. The topological polar surface area (TPSA) is 58.7 Å². The van der Waals surface area contributed by atoms with E-state index in [1.165, 1.54) is 0 Å². The normalized spacial score (nSPS) is 20.6. The number of nitrogens with zero attached hydrogens (tertiary/aromatic N) is 2. The first-order valence-corrected chi connectivity index (χ1v) is 6.57. The van der Waals surface area contributed by atoms with Gasteiger partial charge in [-0.25, -0.2) is 5.01 Å². The summed E-state index contributed by atoms with van der Waals surface area (Å²) in [5, 5.41) is 6.16. The second-order valence-corrected chi connectivity index (χ2v) is 5.48. The summed E-state index contributed by atoms with van der Waals surface area (Å²) in [4.78, 5) is 12.2. The Balaban J connectivity index is 2.76. The summed E-state index contributed by atoms with van der Waals surface area (Å²) in [6.45, 7) is 9.75. The van der Waals surface area contributed by atoms with E-state index in [-0.39, 0.29) is 11.8 Å². The molecule has 1 aliphatic rings. The molecule has 98 valence electrons. The molecule has 17 heavy (non-hydrogen) atoms. The quantitative estimate of drug-likeness (QED) is 0.769. The van der Waals surface area contributed by atoms with Crippen molar-refractivity contribution in [3.63, 3.8) is 0 Å². The van der Waals surface area contributed by atoms with E-state index in [9.17, 15) is 4.79 Å². The van der Waals surface area contributed by atoms with E-state index in [1.54, 1.807) is 5.01 Å². The number of nitrogens with two attached hydrogens (primary N) is 1. The second kappa shape index (κ2) is 6.15. The van der Waals surface area contributed by atoms with Crippen LogP contribution in [0.4, 0.5) is 0 Å². The number of carbonyl (C=O) groups is 1. The fourth-order valence-electron chi connectivity index (χ4n) is 2.15. The van der Waals surface area contributed by atoms with Crippen molar-refractivity contribution >= 4 is 11.6 Å². The largest absolute Gasteiger partial charge is 0.330 e. The Morgan fingerprint density at radius 1 is 1.35 bits per heavy atom. The summed E-state index contributed by atoms with van der Waals surface area (Å²) in [6.07, 6.45) is 1.72. The highest BCUT2D eigenvalue weighted by Crippen LogP contribution is 2.25. The molecule has 2 N–H and O–H groups in total. The highest BCUT2D eigenvalue weighted by Gasteiger charge is 2.36. The van der Waals surface area contributed by atoms with Gasteiger partial charge in [0.05, 0.1) is 11.6 Å². The van der Waals surface area contributed by atoms with Gasteiger partial charge in [-0.2, -0.15) is 5.10 Å². The number of hydrogen-bond donors (Lipinski definition) is 1. The van der Waals surface area contributed by atoms with Crippen molar-refractivity contribution in [2.45, 2.75) is 40.5 Å². The molecule has 1 heterocycles. The fourth-order valence-corrected chi connectivity index (χ4v) is 2.15. The fraction of sp³-hybridized carbons (Fsp3) is 0.846. The summed E-state index contributed by atoms with van der Waals surface area (Å²) in [7, 11) is 0. The highest BCUT2D eigenvalue weighted by molar-refractivity contribution is 6.08. The van der Waals surface area contributed by atoms with Gasteiger partial charge in [-0.3, -0.25) is 4.79 Å². The molecule has 1 unspecified atom stereocenters. The maximum atomic E-state index is 12.2. The highest BCUT2D eigenvalue weighted by atomic mass is 16.2. The molecule has 0 aromatic heterocycles. The minimum Gasteiger partial charge on any atom is -0.330 e. The van der Waals surface area contributed by atoms with Crippen LogP contribution in [0.25, 0.3) is 0 Å². The predicted molar refractivity (Wildman–Crippen MR) is 70.6 cm³/mol. The van der Waals surface area contributed by atoms with E-state index in [1.807, 2.05) is 0 Å². The maximum Gasteiger partial charge on any atom is 0.251 e.